The van der Waals surface area contributed by atoms with Gasteiger partial charge in [-0.3, -0.25) is 0 Å². The molecule has 0 amide bonds. The van der Waals surface area contributed by atoms with Crippen molar-refractivity contribution in [1.82, 2.24) is 8.81 Å². The molecule has 0 spiro atoms. The molecule has 1 aromatic heterocycles. The predicted molar refractivity (Wildman–Crippen MR) is 71.3 cm³/mol. The highest BCUT2D eigenvalue weighted by Crippen LogP contribution is 2.12. The van der Waals surface area contributed by atoms with Gasteiger partial charge in [0.15, 0.2) is 5.69 Å². The number of rotatable bonds is 6. The fourth-order valence-corrected chi connectivity index (χ4v) is 2.29. The SMILES string of the molecule is [2H]c1c(COCC[Si](C)(C)C)c(C(=O)O)nn1Br. The zero-order chi connectivity index (χ0) is 13.9. The molecule has 0 unspecified atom stereocenters. The first-order valence-electron chi connectivity index (χ1n) is 5.78. The Morgan fingerprint density at radius 2 is 2.35 bits per heavy atom. The van der Waals surface area contributed by atoms with Crippen LogP contribution in [0.25, 0.3) is 0 Å². The van der Waals surface area contributed by atoms with Crippen molar-refractivity contribution in [3.63, 3.8) is 0 Å². The van der Waals surface area contributed by atoms with Crippen LogP contribution in [0.1, 0.15) is 17.4 Å². The average molecular weight is 322 g/mol. The number of carboxylic acids is 1. The average Bonchev–Trinajstić information content (AvgIpc) is 2.50. The van der Waals surface area contributed by atoms with Gasteiger partial charge in [0.2, 0.25) is 0 Å². The lowest BCUT2D eigenvalue weighted by atomic mass is 10.3. The molecule has 0 bridgehead atoms. The third kappa shape index (κ3) is 5.01. The maximum Gasteiger partial charge on any atom is 0.356 e. The van der Waals surface area contributed by atoms with Crippen LogP contribution >= 0.6 is 16.1 Å². The topological polar surface area (TPSA) is 64.3 Å². The lowest BCUT2D eigenvalue weighted by molar-refractivity contribution is 0.0682. The van der Waals surface area contributed by atoms with E-state index in [4.69, 9.17) is 11.2 Å². The van der Waals surface area contributed by atoms with E-state index in [2.05, 4.69) is 40.9 Å². The normalized spacial score (nSPS) is 12.6. The summed E-state index contributed by atoms with van der Waals surface area (Å²) in [6, 6.07) is 1.01. The van der Waals surface area contributed by atoms with Crippen LogP contribution in [-0.4, -0.2) is 34.6 Å². The van der Waals surface area contributed by atoms with E-state index in [1.165, 1.54) is 0 Å². The predicted octanol–water partition coefficient (Wildman–Crippen LogP) is 2.59. The van der Waals surface area contributed by atoms with E-state index in [9.17, 15) is 4.79 Å². The van der Waals surface area contributed by atoms with Crippen molar-refractivity contribution < 1.29 is 16.0 Å². The smallest absolute Gasteiger partial charge is 0.356 e. The van der Waals surface area contributed by atoms with Crippen molar-refractivity contribution in [2.75, 3.05) is 6.61 Å². The Hall–Kier alpha value is -0.663. The third-order valence-electron chi connectivity index (χ3n) is 2.15. The van der Waals surface area contributed by atoms with Gasteiger partial charge in [0.25, 0.3) is 0 Å². The lowest BCUT2D eigenvalue weighted by Gasteiger charge is -2.15. The monoisotopic (exact) mass is 321 g/mol. The molecule has 0 atom stereocenters. The number of halogens is 1. The Morgan fingerprint density at radius 3 is 2.88 bits per heavy atom. The van der Waals surface area contributed by atoms with E-state index in [-0.39, 0.29) is 18.5 Å². The van der Waals surface area contributed by atoms with Gasteiger partial charge in [-0.25, -0.2) is 8.50 Å². The zero-order valence-electron chi connectivity index (χ0n) is 11.2. The second-order valence-electron chi connectivity index (χ2n) is 4.97. The Bertz CT molecular complexity index is 445. The number of hydrogen-bond donors (Lipinski definition) is 1. The highest BCUT2D eigenvalue weighted by molar-refractivity contribution is 9.08. The summed E-state index contributed by atoms with van der Waals surface area (Å²) in [5, 5.41) is 12.7. The Labute approximate surface area is 112 Å². The number of hydrogen-bond acceptors (Lipinski definition) is 3. The molecule has 0 fully saturated rings. The standard InChI is InChI=1S/C10H17BrN2O3Si/c1-17(2,3)5-4-16-7-8-6-13(11)12-9(8)10(14)15/h6H,4-5,7H2,1-3H3,(H,14,15)/i6D. The molecule has 1 aromatic rings. The van der Waals surface area contributed by atoms with Gasteiger partial charge in [0, 0.05) is 26.4 Å². The molecule has 0 aliphatic carbocycles. The molecule has 1 N–H and O–H groups in total. The zero-order valence-corrected chi connectivity index (χ0v) is 12.7. The van der Waals surface area contributed by atoms with E-state index in [0.717, 1.165) is 9.75 Å². The first-order chi connectivity index (χ1) is 8.22. The number of aromatic nitrogens is 2. The van der Waals surface area contributed by atoms with E-state index in [1.807, 2.05) is 0 Å². The van der Waals surface area contributed by atoms with Gasteiger partial charge < -0.3 is 9.84 Å². The van der Waals surface area contributed by atoms with E-state index in [1.54, 1.807) is 0 Å². The van der Waals surface area contributed by atoms with Crippen LogP contribution in [0.3, 0.4) is 0 Å². The number of carboxylic acid groups (broad SMARTS) is 1. The summed E-state index contributed by atoms with van der Waals surface area (Å²) in [7, 11) is -1.16. The fourth-order valence-electron chi connectivity index (χ4n) is 1.16. The van der Waals surface area contributed by atoms with Crippen LogP contribution in [0.4, 0.5) is 0 Å². The minimum absolute atomic E-state index is 0.0143. The van der Waals surface area contributed by atoms with Gasteiger partial charge in [0.05, 0.1) is 24.1 Å². The van der Waals surface area contributed by atoms with Crippen LogP contribution < -0.4 is 0 Å². The van der Waals surface area contributed by atoms with Crippen LogP contribution in [0.2, 0.25) is 25.7 Å². The molecule has 0 saturated heterocycles. The van der Waals surface area contributed by atoms with E-state index >= 15 is 0 Å². The van der Waals surface area contributed by atoms with Crippen molar-refractivity contribution in [2.45, 2.75) is 32.3 Å². The summed E-state index contributed by atoms with van der Waals surface area (Å²) in [5.41, 5.74) is 0.167. The molecule has 0 aromatic carbocycles. The molecule has 5 nitrogen and oxygen atoms in total. The fraction of sp³-hybridized carbons (Fsp3) is 0.600. The number of carbonyl (C=O) groups is 1. The molecule has 96 valence electrons. The number of aromatic carboxylic acids is 1. The summed E-state index contributed by atoms with van der Waals surface area (Å²) >= 11 is 2.98. The summed E-state index contributed by atoms with van der Waals surface area (Å²) in [5.74, 6) is -1.15. The second-order valence-corrected chi connectivity index (χ2v) is 11.3. The minimum Gasteiger partial charge on any atom is -0.476 e. The number of ether oxygens (including phenoxy) is 1. The van der Waals surface area contributed by atoms with Crippen LogP contribution in [-0.2, 0) is 11.3 Å². The summed E-state index contributed by atoms with van der Waals surface area (Å²) in [6.07, 6.45) is 0.0143. The second kappa shape index (κ2) is 5.79. The van der Waals surface area contributed by atoms with Gasteiger partial charge in [0.1, 0.15) is 0 Å². The van der Waals surface area contributed by atoms with E-state index < -0.39 is 14.0 Å². The first-order valence-corrected chi connectivity index (χ1v) is 9.69. The van der Waals surface area contributed by atoms with Gasteiger partial charge in [-0.15, -0.1) is 0 Å². The van der Waals surface area contributed by atoms with Gasteiger partial charge in [-0.1, -0.05) is 19.6 Å². The lowest BCUT2D eigenvalue weighted by Crippen LogP contribution is -2.21. The van der Waals surface area contributed by atoms with Crippen LogP contribution in [0, 0.1) is 0 Å². The van der Waals surface area contributed by atoms with Gasteiger partial charge >= 0.3 is 5.97 Å². The van der Waals surface area contributed by atoms with Gasteiger partial charge in [-0.2, -0.15) is 5.10 Å². The van der Waals surface area contributed by atoms with Crippen molar-refractivity contribution in [3.05, 3.63) is 17.4 Å². The largest absolute Gasteiger partial charge is 0.476 e. The maximum absolute atomic E-state index is 11.0. The molecule has 7 heteroatoms. The molecule has 0 aliphatic rings. The summed E-state index contributed by atoms with van der Waals surface area (Å²) < 4.78 is 14.2. The molecular weight excluding hydrogens is 304 g/mol. The van der Waals surface area contributed by atoms with Crippen molar-refractivity contribution in [1.29, 1.82) is 0 Å². The summed E-state index contributed by atoms with van der Waals surface area (Å²) in [6.45, 7) is 7.42. The Morgan fingerprint density at radius 1 is 1.71 bits per heavy atom. The Balaban J connectivity index is 2.64. The molecule has 1 rings (SSSR count). The molecule has 17 heavy (non-hydrogen) atoms. The number of nitrogens with zero attached hydrogens (tertiary/aromatic N) is 2. The molecule has 1 heterocycles. The Kier molecular flexibility index (Phi) is 4.35. The highest BCUT2D eigenvalue weighted by Gasteiger charge is 2.16. The van der Waals surface area contributed by atoms with Crippen LogP contribution in [0.15, 0.2) is 6.17 Å². The molecule has 0 aliphatic heterocycles. The quantitative estimate of drug-likeness (QED) is 0.646. The first kappa shape index (κ1) is 12.8. The van der Waals surface area contributed by atoms with Crippen LogP contribution in [0.5, 0.6) is 0 Å². The van der Waals surface area contributed by atoms with Crippen molar-refractivity contribution >= 4 is 30.2 Å². The molecular formula is C10H17BrN2O3Si. The summed E-state index contributed by atoms with van der Waals surface area (Å²) in [4.78, 5) is 11.0. The molecule has 0 saturated carbocycles. The van der Waals surface area contributed by atoms with Crippen molar-refractivity contribution in [2.24, 2.45) is 0 Å². The molecule has 0 radical (unpaired) electrons. The minimum atomic E-state index is -1.16. The maximum atomic E-state index is 11.0. The van der Waals surface area contributed by atoms with Gasteiger partial charge in [-0.05, 0) is 6.04 Å². The van der Waals surface area contributed by atoms with Crippen molar-refractivity contribution in [3.8, 4) is 0 Å². The van der Waals surface area contributed by atoms with E-state index in [0.29, 0.717) is 12.2 Å². The third-order valence-corrected chi connectivity index (χ3v) is 4.19. The highest BCUT2D eigenvalue weighted by atomic mass is 79.9.